The third-order valence-corrected chi connectivity index (χ3v) is 5.65. The van der Waals surface area contributed by atoms with Crippen molar-refractivity contribution in [3.63, 3.8) is 0 Å². The molecule has 0 bridgehead atoms. The van der Waals surface area contributed by atoms with Gasteiger partial charge in [0.25, 0.3) is 0 Å². The quantitative estimate of drug-likeness (QED) is 0.895. The van der Waals surface area contributed by atoms with Crippen molar-refractivity contribution in [1.29, 1.82) is 0 Å². The topological polar surface area (TPSA) is 59.9 Å². The first-order valence-electron chi connectivity index (χ1n) is 9.34. The van der Waals surface area contributed by atoms with Crippen LogP contribution in [0.5, 0.6) is 0 Å². The Bertz CT molecular complexity index is 675. The third-order valence-electron chi connectivity index (χ3n) is 5.65. The number of carbonyl (C=O) groups is 1. The van der Waals surface area contributed by atoms with Crippen molar-refractivity contribution in [1.82, 2.24) is 5.32 Å². The Balaban J connectivity index is 1.44. The molecule has 1 aromatic carbocycles. The molecule has 1 aliphatic carbocycles. The Morgan fingerprint density at radius 3 is 2.76 bits per heavy atom. The molecule has 1 atom stereocenters. The second kappa shape index (κ2) is 6.79. The lowest BCUT2D eigenvalue weighted by molar-refractivity contribution is -0.140. The fourth-order valence-corrected chi connectivity index (χ4v) is 3.88. The number of aryl methyl sites for hydroxylation is 1. The Hall–Kier alpha value is -1.88. The van der Waals surface area contributed by atoms with Gasteiger partial charge in [-0.15, -0.1) is 0 Å². The summed E-state index contributed by atoms with van der Waals surface area (Å²) in [5.74, 6) is 0.186. The summed E-state index contributed by atoms with van der Waals surface area (Å²) in [5, 5.41) is 7.53. The van der Waals surface area contributed by atoms with E-state index in [-0.39, 0.29) is 17.4 Å². The Morgan fingerprint density at radius 1 is 1.28 bits per heavy atom. The average molecular weight is 342 g/mol. The summed E-state index contributed by atoms with van der Waals surface area (Å²) in [4.78, 5) is 18.6. The minimum absolute atomic E-state index is 0.0299. The third kappa shape index (κ3) is 3.56. The molecule has 1 aromatic rings. The summed E-state index contributed by atoms with van der Waals surface area (Å²) in [7, 11) is 0. The first-order valence-corrected chi connectivity index (χ1v) is 9.34. The van der Waals surface area contributed by atoms with E-state index in [1.807, 2.05) is 12.1 Å². The molecule has 4 rings (SSSR count). The maximum atomic E-state index is 12.9. The molecule has 1 saturated carbocycles. The molecule has 5 nitrogen and oxygen atoms in total. The molecular weight excluding hydrogens is 316 g/mol. The van der Waals surface area contributed by atoms with E-state index in [1.54, 1.807) is 0 Å². The highest BCUT2D eigenvalue weighted by Gasteiger charge is 2.45. The lowest BCUT2D eigenvalue weighted by Crippen LogP contribution is -2.47. The van der Waals surface area contributed by atoms with Crippen molar-refractivity contribution in [3.05, 3.63) is 35.4 Å². The first-order chi connectivity index (χ1) is 12.2. The van der Waals surface area contributed by atoms with Gasteiger partial charge >= 0.3 is 0 Å². The number of hydrogen-bond acceptors (Lipinski definition) is 4. The van der Waals surface area contributed by atoms with Gasteiger partial charge in [-0.3, -0.25) is 4.79 Å². The number of hydrogen-bond donors (Lipinski definition) is 1. The zero-order valence-electron chi connectivity index (χ0n) is 14.8. The molecule has 0 spiro atoms. The monoisotopic (exact) mass is 342 g/mol. The predicted octanol–water partition coefficient (Wildman–Crippen LogP) is 2.95. The number of rotatable bonds is 5. The van der Waals surface area contributed by atoms with Crippen LogP contribution in [0.3, 0.4) is 0 Å². The lowest BCUT2D eigenvalue weighted by atomic mass is 9.74. The van der Waals surface area contributed by atoms with Gasteiger partial charge in [-0.25, -0.2) is 0 Å². The highest BCUT2D eigenvalue weighted by Crippen LogP contribution is 2.39. The highest BCUT2D eigenvalue weighted by atomic mass is 16.6. The molecule has 2 aliphatic heterocycles. The molecule has 5 heteroatoms. The number of oxime groups is 1. The molecule has 1 N–H and O–H groups in total. The number of nitrogens with zero attached hydrogens (tertiary/aromatic N) is 1. The minimum Gasteiger partial charge on any atom is -0.392 e. The molecular formula is C20H26N2O3. The van der Waals surface area contributed by atoms with Crippen LogP contribution in [0, 0.1) is 12.3 Å². The smallest absolute Gasteiger partial charge is 0.226 e. The first kappa shape index (κ1) is 16.6. The van der Waals surface area contributed by atoms with Gasteiger partial charge in [0.2, 0.25) is 5.91 Å². The SMILES string of the molecule is Cc1ccccc1C1=NO[C@H](CC2(C(=O)NC3CC3)CCOCC2)C1. The van der Waals surface area contributed by atoms with Crippen LogP contribution in [0.25, 0.3) is 0 Å². The molecule has 0 unspecified atom stereocenters. The normalized spacial score (nSPS) is 25.2. The van der Waals surface area contributed by atoms with Crippen LogP contribution in [-0.2, 0) is 14.4 Å². The second-order valence-electron chi connectivity index (χ2n) is 7.63. The Labute approximate surface area is 148 Å². The van der Waals surface area contributed by atoms with Gasteiger partial charge in [-0.2, -0.15) is 0 Å². The average Bonchev–Trinajstić information content (AvgIpc) is 3.32. The van der Waals surface area contributed by atoms with Crippen molar-refractivity contribution in [2.24, 2.45) is 10.6 Å². The standard InChI is InChI=1S/C20H26N2O3/c1-14-4-2-3-5-17(14)18-12-16(25-22-18)13-20(8-10-24-11-9-20)19(23)21-15-6-7-15/h2-5,15-16H,6-13H2,1H3,(H,21,23)/t16-/m0/s1. The lowest BCUT2D eigenvalue weighted by Gasteiger charge is -2.37. The van der Waals surface area contributed by atoms with E-state index < -0.39 is 0 Å². The van der Waals surface area contributed by atoms with Gasteiger partial charge in [0.05, 0.1) is 11.1 Å². The van der Waals surface area contributed by atoms with Gasteiger partial charge in [0.1, 0.15) is 6.10 Å². The largest absolute Gasteiger partial charge is 0.392 e. The van der Waals surface area contributed by atoms with Crippen molar-refractivity contribution in [3.8, 4) is 0 Å². The van der Waals surface area contributed by atoms with Gasteiger partial charge in [-0.05, 0) is 38.2 Å². The van der Waals surface area contributed by atoms with E-state index in [2.05, 4.69) is 29.5 Å². The number of benzene rings is 1. The van der Waals surface area contributed by atoms with E-state index in [4.69, 9.17) is 9.57 Å². The number of amides is 1. The van der Waals surface area contributed by atoms with E-state index in [9.17, 15) is 4.79 Å². The van der Waals surface area contributed by atoms with E-state index in [1.165, 1.54) is 5.56 Å². The van der Waals surface area contributed by atoms with Crippen LogP contribution >= 0.6 is 0 Å². The molecule has 134 valence electrons. The molecule has 2 fully saturated rings. The van der Waals surface area contributed by atoms with Gasteiger partial charge in [-0.1, -0.05) is 29.4 Å². The molecule has 0 radical (unpaired) electrons. The van der Waals surface area contributed by atoms with Crippen molar-refractivity contribution < 1.29 is 14.4 Å². The molecule has 2 heterocycles. The van der Waals surface area contributed by atoms with Crippen molar-refractivity contribution in [2.45, 2.75) is 57.6 Å². The van der Waals surface area contributed by atoms with Crippen LogP contribution < -0.4 is 5.32 Å². The van der Waals surface area contributed by atoms with Crippen LogP contribution in [-0.4, -0.2) is 37.0 Å². The van der Waals surface area contributed by atoms with Crippen molar-refractivity contribution >= 4 is 11.6 Å². The maximum absolute atomic E-state index is 12.9. The summed E-state index contributed by atoms with van der Waals surface area (Å²) in [6, 6.07) is 8.63. The number of ether oxygens (including phenoxy) is 1. The Morgan fingerprint density at radius 2 is 2.04 bits per heavy atom. The number of nitrogens with one attached hydrogen (secondary N) is 1. The van der Waals surface area contributed by atoms with Crippen molar-refractivity contribution in [2.75, 3.05) is 13.2 Å². The zero-order valence-corrected chi connectivity index (χ0v) is 14.8. The van der Waals surface area contributed by atoms with E-state index in [0.29, 0.717) is 25.7 Å². The van der Waals surface area contributed by atoms with Crippen LogP contribution in [0.4, 0.5) is 0 Å². The summed E-state index contributed by atoms with van der Waals surface area (Å²) in [6.07, 6.45) is 5.21. The maximum Gasteiger partial charge on any atom is 0.226 e. The summed E-state index contributed by atoms with van der Waals surface area (Å²) in [6.45, 7) is 3.39. The molecule has 0 aromatic heterocycles. The van der Waals surface area contributed by atoms with E-state index >= 15 is 0 Å². The zero-order chi connectivity index (χ0) is 17.3. The van der Waals surface area contributed by atoms with Crippen LogP contribution in [0.15, 0.2) is 29.4 Å². The van der Waals surface area contributed by atoms with Gasteiger partial charge in [0.15, 0.2) is 0 Å². The van der Waals surface area contributed by atoms with Gasteiger partial charge < -0.3 is 14.9 Å². The predicted molar refractivity (Wildman–Crippen MR) is 95.5 cm³/mol. The minimum atomic E-state index is -0.373. The fourth-order valence-electron chi connectivity index (χ4n) is 3.88. The molecule has 1 saturated heterocycles. The van der Waals surface area contributed by atoms with Gasteiger partial charge in [0, 0.05) is 37.7 Å². The fraction of sp³-hybridized carbons (Fsp3) is 0.600. The van der Waals surface area contributed by atoms with Crippen LogP contribution in [0.1, 0.15) is 49.7 Å². The summed E-state index contributed by atoms with van der Waals surface area (Å²) >= 11 is 0. The molecule has 1 amide bonds. The number of carbonyl (C=O) groups excluding carboxylic acids is 1. The Kier molecular flexibility index (Phi) is 4.50. The highest BCUT2D eigenvalue weighted by molar-refractivity contribution is 6.02. The van der Waals surface area contributed by atoms with Crippen LogP contribution in [0.2, 0.25) is 0 Å². The summed E-state index contributed by atoms with van der Waals surface area (Å²) in [5.41, 5.74) is 2.97. The summed E-state index contributed by atoms with van der Waals surface area (Å²) < 4.78 is 5.52. The second-order valence-corrected chi connectivity index (χ2v) is 7.63. The van der Waals surface area contributed by atoms with E-state index in [0.717, 1.165) is 43.4 Å². The molecule has 25 heavy (non-hydrogen) atoms. The molecule has 3 aliphatic rings.